The summed E-state index contributed by atoms with van der Waals surface area (Å²) in [7, 11) is 1.48. The highest BCUT2D eigenvalue weighted by molar-refractivity contribution is 7.09. The van der Waals surface area contributed by atoms with Crippen LogP contribution in [0, 0.1) is 5.82 Å². The van der Waals surface area contributed by atoms with Gasteiger partial charge in [-0.1, -0.05) is 19.1 Å². The molecule has 19 heavy (non-hydrogen) atoms. The van der Waals surface area contributed by atoms with Crippen LogP contribution in [-0.4, -0.2) is 18.6 Å². The fourth-order valence-electron chi connectivity index (χ4n) is 2.01. The summed E-state index contributed by atoms with van der Waals surface area (Å²) in [4.78, 5) is 5.20. The molecule has 0 aliphatic heterocycles. The molecule has 0 aliphatic rings. The van der Waals surface area contributed by atoms with Gasteiger partial charge in [0, 0.05) is 17.1 Å². The van der Waals surface area contributed by atoms with Crippen LogP contribution in [0.15, 0.2) is 29.9 Å². The highest BCUT2D eigenvalue weighted by atomic mass is 32.1. The zero-order valence-corrected chi connectivity index (χ0v) is 11.8. The molecule has 5 heteroatoms. The maximum absolute atomic E-state index is 14.2. The summed E-state index contributed by atoms with van der Waals surface area (Å²) in [5.41, 5.74) is 2.44. The number of hydrogen-bond donors (Lipinski definition) is 1. The molecule has 3 nitrogen and oxygen atoms in total. The number of ether oxygens (including phenoxy) is 1. The van der Waals surface area contributed by atoms with Crippen molar-refractivity contribution >= 4 is 11.3 Å². The van der Waals surface area contributed by atoms with Crippen molar-refractivity contribution < 1.29 is 9.13 Å². The first-order valence-electron chi connectivity index (χ1n) is 6.19. The Labute approximate surface area is 116 Å². The minimum absolute atomic E-state index is 0.0825. The van der Waals surface area contributed by atoms with Crippen LogP contribution in [0.3, 0.4) is 0 Å². The second kappa shape index (κ2) is 6.63. The van der Waals surface area contributed by atoms with Gasteiger partial charge >= 0.3 is 0 Å². The normalized spacial score (nSPS) is 12.4. The van der Waals surface area contributed by atoms with Crippen LogP contribution in [0.2, 0.25) is 0 Å². The molecule has 0 amide bonds. The fraction of sp³-hybridized carbons (Fsp3) is 0.357. The molecular weight excluding hydrogens is 263 g/mol. The number of nitrogens with zero attached hydrogens (tertiary/aromatic N) is 1. The number of hydrogen-bond acceptors (Lipinski definition) is 4. The zero-order chi connectivity index (χ0) is 13.7. The van der Waals surface area contributed by atoms with E-state index in [1.807, 2.05) is 19.2 Å². The number of halogens is 1. The van der Waals surface area contributed by atoms with Gasteiger partial charge in [-0.15, -0.1) is 11.3 Å². The lowest BCUT2D eigenvalue weighted by Gasteiger charge is -2.17. The molecule has 0 bridgehead atoms. The van der Waals surface area contributed by atoms with Gasteiger partial charge in [-0.2, -0.15) is 0 Å². The topological polar surface area (TPSA) is 34.1 Å². The summed E-state index contributed by atoms with van der Waals surface area (Å²) < 4.78 is 19.2. The van der Waals surface area contributed by atoms with Gasteiger partial charge in [0.25, 0.3) is 0 Å². The maximum atomic E-state index is 14.2. The Hall–Kier alpha value is -1.46. The molecule has 2 rings (SSSR count). The number of aromatic nitrogens is 1. The summed E-state index contributed by atoms with van der Waals surface area (Å²) in [5.74, 6) is 0.00877. The van der Waals surface area contributed by atoms with Crippen LogP contribution in [0.1, 0.15) is 23.4 Å². The van der Waals surface area contributed by atoms with Crippen molar-refractivity contribution in [2.24, 2.45) is 0 Å². The molecule has 2 aromatic rings. The van der Waals surface area contributed by atoms with E-state index < -0.39 is 0 Å². The Bertz CT molecular complexity index is 516. The molecule has 102 valence electrons. The molecule has 1 atom stereocenters. The van der Waals surface area contributed by atoms with Crippen LogP contribution in [0.5, 0.6) is 5.75 Å². The van der Waals surface area contributed by atoms with Gasteiger partial charge in [-0.25, -0.2) is 4.39 Å². The second-order valence-corrected chi connectivity index (χ2v) is 5.07. The summed E-state index contributed by atoms with van der Waals surface area (Å²) in [6.45, 7) is 2.87. The summed E-state index contributed by atoms with van der Waals surface area (Å²) in [6.07, 6.45) is 2.41. The van der Waals surface area contributed by atoms with Gasteiger partial charge in [0.1, 0.15) is 0 Å². The summed E-state index contributed by atoms with van der Waals surface area (Å²) in [6, 6.07) is 5.32. The Morgan fingerprint density at radius 1 is 1.47 bits per heavy atom. The molecule has 0 saturated heterocycles. The first kappa shape index (κ1) is 14.0. The predicted molar refractivity (Wildman–Crippen MR) is 75.2 cm³/mol. The molecule has 0 aliphatic carbocycles. The summed E-state index contributed by atoms with van der Waals surface area (Å²) in [5, 5.41) is 3.36. The Morgan fingerprint density at radius 3 is 2.95 bits per heavy atom. The molecule has 1 unspecified atom stereocenters. The Kier molecular flexibility index (Phi) is 4.87. The number of nitrogens with one attached hydrogen (secondary N) is 1. The lowest BCUT2D eigenvalue weighted by molar-refractivity contribution is 0.382. The van der Waals surface area contributed by atoms with Crippen LogP contribution >= 0.6 is 11.3 Å². The Balaban J connectivity index is 2.22. The summed E-state index contributed by atoms with van der Waals surface area (Å²) >= 11 is 1.58. The highest BCUT2D eigenvalue weighted by Crippen LogP contribution is 2.26. The molecule has 1 heterocycles. The van der Waals surface area contributed by atoms with Gasteiger partial charge in [0.2, 0.25) is 0 Å². The van der Waals surface area contributed by atoms with E-state index in [2.05, 4.69) is 10.3 Å². The van der Waals surface area contributed by atoms with Crippen LogP contribution in [0.4, 0.5) is 4.39 Å². The average molecular weight is 280 g/mol. The molecule has 1 aromatic heterocycles. The van der Waals surface area contributed by atoms with Gasteiger partial charge in [0.05, 0.1) is 12.6 Å². The quantitative estimate of drug-likeness (QED) is 0.882. The van der Waals surface area contributed by atoms with E-state index in [9.17, 15) is 4.39 Å². The third kappa shape index (κ3) is 3.30. The number of thiazole rings is 1. The monoisotopic (exact) mass is 280 g/mol. The minimum atomic E-state index is -0.280. The van der Waals surface area contributed by atoms with Crippen LogP contribution in [0.25, 0.3) is 0 Å². The lowest BCUT2D eigenvalue weighted by Crippen LogP contribution is -2.22. The number of likely N-dealkylation sites (N-methyl/N-ethyl adjacent to an activating group) is 1. The molecule has 0 spiro atoms. The minimum Gasteiger partial charge on any atom is -0.494 e. The SMILES string of the molecule is CCNC(Cc1cccc(OC)c1F)c1cncs1. The molecule has 0 saturated carbocycles. The molecule has 0 radical (unpaired) electrons. The number of methoxy groups -OCH3 is 1. The first-order valence-corrected chi connectivity index (χ1v) is 7.07. The lowest BCUT2D eigenvalue weighted by atomic mass is 10.0. The van der Waals surface area contributed by atoms with Crippen molar-refractivity contribution in [2.75, 3.05) is 13.7 Å². The Morgan fingerprint density at radius 2 is 2.32 bits per heavy atom. The smallest absolute Gasteiger partial charge is 0.168 e. The average Bonchev–Trinajstić information content (AvgIpc) is 2.94. The molecule has 1 N–H and O–H groups in total. The van der Waals surface area contributed by atoms with E-state index >= 15 is 0 Å². The second-order valence-electron chi connectivity index (χ2n) is 4.15. The maximum Gasteiger partial charge on any atom is 0.168 e. The van der Waals surface area contributed by atoms with E-state index in [0.717, 1.165) is 11.4 Å². The molecule has 1 aromatic carbocycles. The van der Waals surface area contributed by atoms with Crippen LogP contribution < -0.4 is 10.1 Å². The van der Waals surface area contributed by atoms with Crippen LogP contribution in [-0.2, 0) is 6.42 Å². The van der Waals surface area contributed by atoms with Gasteiger partial charge in [-0.05, 0) is 24.6 Å². The number of benzene rings is 1. The van der Waals surface area contributed by atoms with Crippen molar-refractivity contribution in [3.63, 3.8) is 0 Å². The third-order valence-electron chi connectivity index (χ3n) is 2.93. The van der Waals surface area contributed by atoms with Crippen molar-refractivity contribution in [3.05, 3.63) is 46.2 Å². The largest absolute Gasteiger partial charge is 0.494 e. The van der Waals surface area contributed by atoms with Crippen molar-refractivity contribution in [1.29, 1.82) is 0 Å². The standard InChI is InChI=1S/C14H17FN2OS/c1-3-17-11(13-8-16-9-19-13)7-10-5-4-6-12(18-2)14(10)15/h4-6,8-9,11,17H,3,7H2,1-2H3. The first-order chi connectivity index (χ1) is 9.26. The molecule has 0 fully saturated rings. The van der Waals surface area contributed by atoms with Crippen molar-refractivity contribution in [2.45, 2.75) is 19.4 Å². The van der Waals surface area contributed by atoms with Crippen molar-refractivity contribution in [3.8, 4) is 5.75 Å². The van der Waals surface area contributed by atoms with E-state index in [-0.39, 0.29) is 17.6 Å². The fourth-order valence-corrected chi connectivity index (χ4v) is 2.70. The van der Waals surface area contributed by atoms with E-state index in [4.69, 9.17) is 4.74 Å². The zero-order valence-electron chi connectivity index (χ0n) is 11.0. The van der Waals surface area contributed by atoms with E-state index in [0.29, 0.717) is 12.0 Å². The third-order valence-corrected chi connectivity index (χ3v) is 3.82. The van der Waals surface area contributed by atoms with Gasteiger partial charge in [-0.3, -0.25) is 4.98 Å². The van der Waals surface area contributed by atoms with Gasteiger partial charge in [0.15, 0.2) is 11.6 Å². The van der Waals surface area contributed by atoms with Crippen molar-refractivity contribution in [1.82, 2.24) is 10.3 Å². The highest BCUT2D eigenvalue weighted by Gasteiger charge is 2.16. The van der Waals surface area contributed by atoms with E-state index in [1.54, 1.807) is 29.0 Å². The predicted octanol–water partition coefficient (Wildman–Crippen LogP) is 3.18. The van der Waals surface area contributed by atoms with Gasteiger partial charge < -0.3 is 10.1 Å². The molecular formula is C14H17FN2OS. The van der Waals surface area contributed by atoms with E-state index in [1.165, 1.54) is 7.11 Å². The number of rotatable bonds is 6.